The van der Waals surface area contributed by atoms with E-state index < -0.39 is 0 Å². The van der Waals surface area contributed by atoms with E-state index in [2.05, 4.69) is 27.2 Å². The molecule has 1 aliphatic heterocycles. The van der Waals surface area contributed by atoms with Crippen LogP contribution in [0, 0.1) is 0 Å². The smallest absolute Gasteiger partial charge is 0.144 e. The first-order valence-corrected chi connectivity index (χ1v) is 5.25. The molecular weight excluding hydrogens is 190 g/mol. The molecule has 0 aromatic carbocycles. The van der Waals surface area contributed by atoms with Crippen molar-refractivity contribution in [3.8, 4) is 0 Å². The van der Waals surface area contributed by atoms with E-state index in [9.17, 15) is 0 Å². The van der Waals surface area contributed by atoms with Gasteiger partial charge >= 0.3 is 0 Å². The maximum atomic E-state index is 5.49. The van der Waals surface area contributed by atoms with Crippen LogP contribution in [0.25, 0.3) is 0 Å². The molecule has 2 rings (SSSR count). The van der Waals surface area contributed by atoms with Crippen LogP contribution in [-0.2, 0) is 6.54 Å². The molecule has 1 aliphatic rings. The Bertz CT molecular complexity index is 327. The zero-order valence-electron chi connectivity index (χ0n) is 8.98. The van der Waals surface area contributed by atoms with Crippen LogP contribution in [-0.4, -0.2) is 41.0 Å². The van der Waals surface area contributed by atoms with Gasteiger partial charge < -0.3 is 16.0 Å². The fraction of sp³-hybridized carbons (Fsp3) is 0.600. The highest BCUT2D eigenvalue weighted by Crippen LogP contribution is 2.12. The molecule has 1 aromatic heterocycles. The lowest BCUT2D eigenvalue weighted by Gasteiger charge is -2.13. The summed E-state index contributed by atoms with van der Waals surface area (Å²) in [7, 11) is 2.13. The largest absolute Gasteiger partial charge is 0.366 e. The molecule has 1 fully saturated rings. The van der Waals surface area contributed by atoms with Gasteiger partial charge in [0.15, 0.2) is 0 Å². The molecule has 0 bridgehead atoms. The molecule has 0 aliphatic carbocycles. The maximum absolute atomic E-state index is 5.49. The number of nitrogens with zero attached hydrogens (tertiary/aromatic N) is 3. The molecule has 1 saturated heterocycles. The summed E-state index contributed by atoms with van der Waals surface area (Å²) < 4.78 is 0. The molecule has 1 unspecified atom stereocenters. The summed E-state index contributed by atoms with van der Waals surface area (Å²) in [5.41, 5.74) is 5.49. The van der Waals surface area contributed by atoms with Gasteiger partial charge in [0.05, 0.1) is 6.54 Å². The Hall–Kier alpha value is -1.20. The van der Waals surface area contributed by atoms with Crippen LogP contribution in [0.2, 0.25) is 0 Å². The average molecular weight is 207 g/mol. The lowest BCUT2D eigenvalue weighted by Crippen LogP contribution is -2.24. The minimum absolute atomic E-state index is 0.389. The van der Waals surface area contributed by atoms with Crippen LogP contribution in [0.4, 0.5) is 5.82 Å². The number of hydrogen-bond acceptors (Lipinski definition) is 5. The molecule has 0 saturated carbocycles. The Balaban J connectivity index is 1.98. The van der Waals surface area contributed by atoms with Crippen LogP contribution < -0.4 is 11.1 Å². The van der Waals surface area contributed by atoms with Crippen LogP contribution in [0.15, 0.2) is 12.3 Å². The topological polar surface area (TPSA) is 67.1 Å². The Kier molecular flexibility index (Phi) is 3.13. The highest BCUT2D eigenvalue weighted by Gasteiger charge is 2.19. The van der Waals surface area contributed by atoms with Crippen molar-refractivity contribution < 1.29 is 0 Å². The van der Waals surface area contributed by atoms with E-state index in [1.165, 1.54) is 6.42 Å². The van der Waals surface area contributed by atoms with Crippen LogP contribution in [0.1, 0.15) is 12.2 Å². The predicted molar refractivity (Wildman–Crippen MR) is 59.4 cm³/mol. The number of likely N-dealkylation sites (tertiary alicyclic amines) is 1. The molecule has 1 aromatic rings. The fourth-order valence-corrected chi connectivity index (χ4v) is 1.84. The summed E-state index contributed by atoms with van der Waals surface area (Å²) >= 11 is 0. The molecule has 1 atom stereocenters. The quantitative estimate of drug-likeness (QED) is 0.733. The zero-order valence-corrected chi connectivity index (χ0v) is 8.98. The third-order valence-corrected chi connectivity index (χ3v) is 2.63. The molecule has 0 radical (unpaired) electrons. The SMILES string of the molecule is CN1CCC(Nc2ccnc(CN)n2)C1. The van der Waals surface area contributed by atoms with Gasteiger partial charge in [-0.2, -0.15) is 0 Å². The molecule has 15 heavy (non-hydrogen) atoms. The third kappa shape index (κ3) is 2.64. The van der Waals surface area contributed by atoms with Gasteiger partial charge in [0.1, 0.15) is 11.6 Å². The monoisotopic (exact) mass is 207 g/mol. The minimum Gasteiger partial charge on any atom is -0.366 e. The molecule has 3 N–H and O–H groups in total. The number of nitrogens with two attached hydrogens (primary N) is 1. The van der Waals surface area contributed by atoms with Gasteiger partial charge in [-0.05, 0) is 26.1 Å². The van der Waals surface area contributed by atoms with Crippen molar-refractivity contribution in [2.75, 3.05) is 25.5 Å². The lowest BCUT2D eigenvalue weighted by atomic mass is 10.2. The van der Waals surface area contributed by atoms with E-state index in [-0.39, 0.29) is 0 Å². The number of aromatic nitrogens is 2. The summed E-state index contributed by atoms with van der Waals surface area (Å²) in [5, 5.41) is 3.40. The molecular formula is C10H17N5. The van der Waals surface area contributed by atoms with Crippen LogP contribution >= 0.6 is 0 Å². The van der Waals surface area contributed by atoms with Gasteiger partial charge in [-0.15, -0.1) is 0 Å². The zero-order chi connectivity index (χ0) is 10.7. The van der Waals surface area contributed by atoms with E-state index in [1.807, 2.05) is 6.07 Å². The highest BCUT2D eigenvalue weighted by atomic mass is 15.2. The number of hydrogen-bond donors (Lipinski definition) is 2. The number of likely N-dealkylation sites (N-methyl/N-ethyl adjacent to an activating group) is 1. The number of anilines is 1. The van der Waals surface area contributed by atoms with E-state index in [1.54, 1.807) is 6.20 Å². The Morgan fingerprint density at radius 1 is 1.67 bits per heavy atom. The van der Waals surface area contributed by atoms with E-state index in [0.717, 1.165) is 18.9 Å². The van der Waals surface area contributed by atoms with E-state index in [0.29, 0.717) is 18.4 Å². The molecule has 0 amide bonds. The summed E-state index contributed by atoms with van der Waals surface area (Å²) in [6, 6.07) is 2.38. The second-order valence-electron chi connectivity index (χ2n) is 3.95. The molecule has 5 nitrogen and oxygen atoms in total. The van der Waals surface area contributed by atoms with Crippen molar-refractivity contribution in [1.29, 1.82) is 0 Å². The van der Waals surface area contributed by atoms with Gasteiger partial charge in [-0.25, -0.2) is 9.97 Å². The third-order valence-electron chi connectivity index (χ3n) is 2.63. The van der Waals surface area contributed by atoms with E-state index >= 15 is 0 Å². The standard InChI is InChI=1S/C10H17N5/c1-15-5-3-8(7-15)13-9-2-4-12-10(6-11)14-9/h2,4,8H,3,5-7,11H2,1H3,(H,12,13,14). The van der Waals surface area contributed by atoms with Crippen molar-refractivity contribution in [2.45, 2.75) is 19.0 Å². The minimum atomic E-state index is 0.389. The highest BCUT2D eigenvalue weighted by molar-refractivity contribution is 5.34. The molecule has 0 spiro atoms. The van der Waals surface area contributed by atoms with E-state index in [4.69, 9.17) is 5.73 Å². The summed E-state index contributed by atoms with van der Waals surface area (Å²) in [6.45, 7) is 2.61. The van der Waals surface area contributed by atoms with Crippen molar-refractivity contribution in [2.24, 2.45) is 5.73 Å². The van der Waals surface area contributed by atoms with Crippen molar-refractivity contribution in [3.05, 3.63) is 18.1 Å². The van der Waals surface area contributed by atoms with Crippen LogP contribution in [0.5, 0.6) is 0 Å². The normalized spacial score (nSPS) is 21.9. The summed E-state index contributed by atoms with van der Waals surface area (Å²) in [5.74, 6) is 1.57. The number of nitrogens with one attached hydrogen (secondary N) is 1. The molecule has 5 heteroatoms. The van der Waals surface area contributed by atoms with Gasteiger partial charge in [0.25, 0.3) is 0 Å². The molecule has 2 heterocycles. The van der Waals surface area contributed by atoms with Crippen LogP contribution in [0.3, 0.4) is 0 Å². The maximum Gasteiger partial charge on any atom is 0.144 e. The first-order valence-electron chi connectivity index (χ1n) is 5.25. The average Bonchev–Trinajstić information content (AvgIpc) is 2.64. The Morgan fingerprint density at radius 3 is 3.20 bits per heavy atom. The van der Waals surface area contributed by atoms with Crippen molar-refractivity contribution in [3.63, 3.8) is 0 Å². The van der Waals surface area contributed by atoms with Gasteiger partial charge in [-0.3, -0.25) is 0 Å². The van der Waals surface area contributed by atoms with Gasteiger partial charge in [-0.1, -0.05) is 0 Å². The first kappa shape index (κ1) is 10.3. The predicted octanol–water partition coefficient (Wildman–Crippen LogP) is 0.0513. The summed E-state index contributed by atoms with van der Waals surface area (Å²) in [4.78, 5) is 10.7. The molecule has 82 valence electrons. The Morgan fingerprint density at radius 2 is 2.53 bits per heavy atom. The summed E-state index contributed by atoms with van der Waals surface area (Å²) in [6.07, 6.45) is 2.91. The van der Waals surface area contributed by atoms with Gasteiger partial charge in [0, 0.05) is 18.8 Å². The first-order chi connectivity index (χ1) is 7.28. The number of rotatable bonds is 3. The lowest BCUT2D eigenvalue weighted by molar-refractivity contribution is 0.414. The van der Waals surface area contributed by atoms with Crippen molar-refractivity contribution in [1.82, 2.24) is 14.9 Å². The van der Waals surface area contributed by atoms with Crippen molar-refractivity contribution >= 4 is 5.82 Å². The van der Waals surface area contributed by atoms with Gasteiger partial charge in [0.2, 0.25) is 0 Å². The fourth-order valence-electron chi connectivity index (χ4n) is 1.84. The second-order valence-corrected chi connectivity index (χ2v) is 3.95. The Labute approximate surface area is 89.7 Å². The second kappa shape index (κ2) is 4.55.